The van der Waals surface area contributed by atoms with Gasteiger partial charge in [-0.15, -0.1) is 0 Å². The van der Waals surface area contributed by atoms with Crippen LogP contribution in [-0.2, 0) is 26.2 Å². The van der Waals surface area contributed by atoms with Crippen molar-refractivity contribution in [1.29, 1.82) is 0 Å². The molecule has 0 aliphatic carbocycles. The van der Waals surface area contributed by atoms with E-state index in [9.17, 15) is 0 Å². The number of hydrogen-bond acceptors (Lipinski definition) is 4. The molecule has 116 valence electrons. The minimum Gasteiger partial charge on any atom is -0.380 e. The summed E-state index contributed by atoms with van der Waals surface area (Å²) in [6, 6.07) is 8.76. The Morgan fingerprint density at radius 2 is 1.18 bits per heavy atom. The maximum absolute atomic E-state index is 5.92. The van der Waals surface area contributed by atoms with Gasteiger partial charge in [0.05, 0.1) is 0 Å². The Bertz CT molecular complexity index is 645. The number of benzene rings is 2. The molecule has 0 unspecified atom stereocenters. The molecule has 2 aromatic carbocycles. The molecule has 0 amide bonds. The maximum atomic E-state index is 5.92. The molecule has 0 fully saturated rings. The highest BCUT2D eigenvalue weighted by Crippen LogP contribution is 2.31. The Labute approximate surface area is 131 Å². The Morgan fingerprint density at radius 1 is 0.773 bits per heavy atom. The van der Waals surface area contributed by atoms with Gasteiger partial charge >= 0.3 is 0 Å². The van der Waals surface area contributed by atoms with Gasteiger partial charge in [0.15, 0.2) is 0 Å². The zero-order valence-electron chi connectivity index (χ0n) is 13.3. The van der Waals surface area contributed by atoms with E-state index in [1.165, 1.54) is 44.8 Å². The summed E-state index contributed by atoms with van der Waals surface area (Å²) in [5.74, 6) is 0. The van der Waals surface area contributed by atoms with Gasteiger partial charge in [-0.1, -0.05) is 35.4 Å². The third-order valence-electron chi connectivity index (χ3n) is 4.24. The van der Waals surface area contributed by atoms with Gasteiger partial charge in [-0.3, -0.25) is 0 Å². The summed E-state index contributed by atoms with van der Waals surface area (Å²) in [5.41, 5.74) is 21.5. The Morgan fingerprint density at radius 3 is 1.55 bits per heavy atom. The Hall–Kier alpha value is -2.04. The second-order valence-electron chi connectivity index (χ2n) is 6.03. The summed E-state index contributed by atoms with van der Waals surface area (Å²) in [5, 5.41) is 7.17. The third-order valence-corrected chi connectivity index (χ3v) is 4.24. The average molecular weight is 296 g/mol. The van der Waals surface area contributed by atoms with Crippen LogP contribution in [0, 0.1) is 13.8 Å². The predicted octanol–water partition coefficient (Wildman–Crippen LogP) is 2.76. The molecule has 0 saturated heterocycles. The summed E-state index contributed by atoms with van der Waals surface area (Å²) in [4.78, 5) is 0. The first-order valence-corrected chi connectivity index (χ1v) is 7.75. The average Bonchev–Trinajstić information content (AvgIpc) is 2.49. The van der Waals surface area contributed by atoms with E-state index in [4.69, 9.17) is 11.5 Å². The molecule has 1 aliphatic rings. The number of hydrogen-bond donors (Lipinski definition) is 4. The SMILES string of the molecule is Cc1cc(CN)c2c(c1)CNc1c(CN)cc(C)cc1CN2. The number of aryl methyl sites for hydroxylation is 2. The second kappa shape index (κ2) is 5.99. The van der Waals surface area contributed by atoms with Crippen molar-refractivity contribution in [1.82, 2.24) is 0 Å². The molecule has 22 heavy (non-hydrogen) atoms. The highest BCUT2D eigenvalue weighted by atomic mass is 14.9. The predicted molar refractivity (Wildman–Crippen MR) is 92.8 cm³/mol. The molecule has 0 saturated carbocycles. The van der Waals surface area contributed by atoms with E-state index in [-0.39, 0.29) is 0 Å². The van der Waals surface area contributed by atoms with Gasteiger partial charge in [0.1, 0.15) is 0 Å². The van der Waals surface area contributed by atoms with Crippen molar-refractivity contribution >= 4 is 11.4 Å². The van der Waals surface area contributed by atoms with E-state index in [0.29, 0.717) is 13.1 Å². The molecule has 3 rings (SSSR count). The molecule has 0 bridgehead atoms. The highest BCUT2D eigenvalue weighted by Gasteiger charge is 2.16. The summed E-state index contributed by atoms with van der Waals surface area (Å²) in [6.07, 6.45) is 0. The molecular weight excluding hydrogens is 272 g/mol. The number of nitrogens with two attached hydrogens (primary N) is 2. The zero-order valence-corrected chi connectivity index (χ0v) is 13.3. The van der Waals surface area contributed by atoms with E-state index in [1.807, 2.05) is 0 Å². The maximum Gasteiger partial charge on any atom is 0.0439 e. The van der Waals surface area contributed by atoms with Crippen LogP contribution in [0.25, 0.3) is 0 Å². The summed E-state index contributed by atoms with van der Waals surface area (Å²) >= 11 is 0. The van der Waals surface area contributed by atoms with Gasteiger partial charge in [0.2, 0.25) is 0 Å². The fourth-order valence-corrected chi connectivity index (χ4v) is 3.31. The van der Waals surface area contributed by atoms with Gasteiger partial charge in [-0.05, 0) is 36.1 Å². The summed E-state index contributed by atoms with van der Waals surface area (Å²) < 4.78 is 0. The van der Waals surface area contributed by atoms with Crippen molar-refractivity contribution in [2.75, 3.05) is 10.6 Å². The third kappa shape index (κ3) is 2.67. The molecule has 4 heteroatoms. The lowest BCUT2D eigenvalue weighted by Gasteiger charge is -2.25. The standard InChI is InChI=1S/C18H24N4/c1-11-3-13(7-19)17-15(5-11)9-21-18-14(8-20)4-12(2)6-16(18)10-22-17/h3-6,21-22H,7-10,19-20H2,1-2H3. The second-order valence-corrected chi connectivity index (χ2v) is 6.03. The van der Waals surface area contributed by atoms with Crippen molar-refractivity contribution < 1.29 is 0 Å². The van der Waals surface area contributed by atoms with Crippen molar-refractivity contribution in [3.05, 3.63) is 57.6 Å². The highest BCUT2D eigenvalue weighted by molar-refractivity contribution is 5.66. The van der Waals surface area contributed by atoms with Crippen molar-refractivity contribution in [3.8, 4) is 0 Å². The normalized spacial score (nSPS) is 13.3. The first-order chi connectivity index (χ1) is 10.6. The summed E-state index contributed by atoms with van der Waals surface area (Å²) in [6.45, 7) is 6.87. The van der Waals surface area contributed by atoms with E-state index in [0.717, 1.165) is 13.1 Å². The molecule has 1 heterocycles. The van der Waals surface area contributed by atoms with Crippen LogP contribution in [0.15, 0.2) is 24.3 Å². The Kier molecular flexibility index (Phi) is 4.05. The number of nitrogens with one attached hydrogen (secondary N) is 2. The summed E-state index contributed by atoms with van der Waals surface area (Å²) in [7, 11) is 0. The van der Waals surface area contributed by atoms with Crippen LogP contribution in [0.4, 0.5) is 11.4 Å². The minimum atomic E-state index is 0.547. The topological polar surface area (TPSA) is 76.1 Å². The Balaban J connectivity index is 2.04. The first-order valence-electron chi connectivity index (χ1n) is 7.75. The van der Waals surface area contributed by atoms with Gasteiger partial charge in [-0.25, -0.2) is 0 Å². The fraction of sp³-hybridized carbons (Fsp3) is 0.333. The lowest BCUT2D eigenvalue weighted by atomic mass is 9.98. The molecule has 6 N–H and O–H groups in total. The van der Waals surface area contributed by atoms with Crippen LogP contribution in [0.2, 0.25) is 0 Å². The molecule has 4 nitrogen and oxygen atoms in total. The van der Waals surface area contributed by atoms with Crippen LogP contribution < -0.4 is 22.1 Å². The van der Waals surface area contributed by atoms with Crippen molar-refractivity contribution in [2.24, 2.45) is 11.5 Å². The zero-order chi connectivity index (χ0) is 15.7. The van der Waals surface area contributed by atoms with Crippen LogP contribution in [-0.4, -0.2) is 0 Å². The molecule has 2 aromatic rings. The first kappa shape index (κ1) is 14.9. The quantitative estimate of drug-likeness (QED) is 0.687. The van der Waals surface area contributed by atoms with E-state index >= 15 is 0 Å². The fourth-order valence-electron chi connectivity index (χ4n) is 3.31. The number of rotatable bonds is 2. The van der Waals surface area contributed by atoms with E-state index < -0.39 is 0 Å². The van der Waals surface area contributed by atoms with E-state index in [1.54, 1.807) is 0 Å². The van der Waals surface area contributed by atoms with Gasteiger partial charge in [0, 0.05) is 37.6 Å². The molecule has 0 spiro atoms. The monoisotopic (exact) mass is 296 g/mol. The van der Waals surface area contributed by atoms with Crippen LogP contribution in [0.1, 0.15) is 33.4 Å². The van der Waals surface area contributed by atoms with Crippen LogP contribution in [0.5, 0.6) is 0 Å². The minimum absolute atomic E-state index is 0.547. The van der Waals surface area contributed by atoms with Gasteiger partial charge < -0.3 is 22.1 Å². The van der Waals surface area contributed by atoms with Crippen molar-refractivity contribution in [3.63, 3.8) is 0 Å². The molecule has 1 aliphatic heterocycles. The molecule has 0 aromatic heterocycles. The van der Waals surface area contributed by atoms with E-state index in [2.05, 4.69) is 48.7 Å². The number of fused-ring (bicyclic) bond motifs is 2. The van der Waals surface area contributed by atoms with Crippen molar-refractivity contribution in [2.45, 2.75) is 40.0 Å². The van der Waals surface area contributed by atoms with Crippen LogP contribution >= 0.6 is 0 Å². The smallest absolute Gasteiger partial charge is 0.0439 e. The van der Waals surface area contributed by atoms with Crippen LogP contribution in [0.3, 0.4) is 0 Å². The van der Waals surface area contributed by atoms with Gasteiger partial charge in [-0.2, -0.15) is 0 Å². The molecular formula is C18H24N4. The van der Waals surface area contributed by atoms with Gasteiger partial charge in [0.25, 0.3) is 0 Å². The largest absolute Gasteiger partial charge is 0.380 e. The molecule has 0 radical (unpaired) electrons. The lowest BCUT2D eigenvalue weighted by molar-refractivity contribution is 0.978. The number of anilines is 2. The molecule has 0 atom stereocenters. The lowest BCUT2D eigenvalue weighted by Crippen LogP contribution is -2.17.